The summed E-state index contributed by atoms with van der Waals surface area (Å²) in [6.07, 6.45) is 2.05. The van der Waals surface area contributed by atoms with Crippen molar-refractivity contribution in [2.24, 2.45) is 0 Å². The number of carbonyl (C=O) groups excluding carboxylic acids is 1. The highest BCUT2D eigenvalue weighted by Gasteiger charge is 2.39. The van der Waals surface area contributed by atoms with Crippen molar-refractivity contribution < 1.29 is 13.4 Å². The van der Waals surface area contributed by atoms with Gasteiger partial charge in [-0.2, -0.15) is 0 Å². The monoisotopic (exact) mass is 312 g/mol. The summed E-state index contributed by atoms with van der Waals surface area (Å²) in [6, 6.07) is 5.90. The molecule has 1 amide bonds. The SMILES string of the molecule is CCC1NC(c2ccc(F)cc2)N(CC(C)S(C)=O)C1=O. The molecule has 1 aliphatic rings. The van der Waals surface area contributed by atoms with Gasteiger partial charge in [-0.25, -0.2) is 4.39 Å². The van der Waals surface area contributed by atoms with Crippen molar-refractivity contribution in [1.82, 2.24) is 10.2 Å². The number of amides is 1. The molecule has 0 saturated carbocycles. The lowest BCUT2D eigenvalue weighted by atomic mass is 10.1. The molecule has 1 N–H and O–H groups in total. The molecule has 0 aliphatic carbocycles. The molecule has 21 heavy (non-hydrogen) atoms. The smallest absolute Gasteiger partial charge is 0.241 e. The molecule has 6 heteroatoms. The van der Waals surface area contributed by atoms with Gasteiger partial charge < -0.3 is 4.90 Å². The highest BCUT2D eigenvalue weighted by atomic mass is 32.2. The van der Waals surface area contributed by atoms with Crippen molar-refractivity contribution in [3.63, 3.8) is 0 Å². The standard InChI is InChI=1S/C15H21FN2O2S/c1-4-13-15(19)18(9-10(2)21(3)20)14(17-13)11-5-7-12(16)8-6-11/h5-8,10,13-14,17H,4,9H2,1-3H3. The van der Waals surface area contributed by atoms with Crippen molar-refractivity contribution in [1.29, 1.82) is 0 Å². The molecule has 0 radical (unpaired) electrons. The molecule has 2 rings (SSSR count). The van der Waals surface area contributed by atoms with Crippen LogP contribution in [0.4, 0.5) is 4.39 Å². The number of rotatable bonds is 5. The first kappa shape index (κ1) is 16.1. The number of halogens is 1. The predicted octanol–water partition coefficient (Wildman–Crippen LogP) is 1.80. The fourth-order valence-electron chi connectivity index (χ4n) is 2.47. The average Bonchev–Trinajstić information content (AvgIpc) is 2.76. The fourth-order valence-corrected chi connectivity index (χ4v) is 2.84. The third kappa shape index (κ3) is 3.49. The minimum Gasteiger partial charge on any atom is -0.320 e. The first-order chi connectivity index (χ1) is 9.93. The van der Waals surface area contributed by atoms with Gasteiger partial charge in [-0.3, -0.25) is 14.3 Å². The van der Waals surface area contributed by atoms with Crippen LogP contribution in [0.3, 0.4) is 0 Å². The van der Waals surface area contributed by atoms with Gasteiger partial charge in [0.1, 0.15) is 12.0 Å². The first-order valence-corrected chi connectivity index (χ1v) is 8.70. The topological polar surface area (TPSA) is 49.4 Å². The van der Waals surface area contributed by atoms with Crippen LogP contribution in [0, 0.1) is 5.82 Å². The molecule has 0 bridgehead atoms. The van der Waals surface area contributed by atoms with Crippen LogP contribution in [0.25, 0.3) is 0 Å². The molecule has 4 atom stereocenters. The molecule has 1 heterocycles. The highest BCUT2D eigenvalue weighted by Crippen LogP contribution is 2.27. The van der Waals surface area contributed by atoms with Crippen LogP contribution in [0.5, 0.6) is 0 Å². The van der Waals surface area contributed by atoms with Gasteiger partial charge in [0.15, 0.2) is 0 Å². The average molecular weight is 312 g/mol. The van der Waals surface area contributed by atoms with Crippen molar-refractivity contribution in [2.45, 2.75) is 37.7 Å². The molecule has 4 unspecified atom stereocenters. The molecule has 0 spiro atoms. The van der Waals surface area contributed by atoms with Crippen molar-refractivity contribution in [3.8, 4) is 0 Å². The van der Waals surface area contributed by atoms with Crippen LogP contribution < -0.4 is 5.32 Å². The first-order valence-electron chi connectivity index (χ1n) is 7.08. The second kappa shape index (κ2) is 6.66. The minimum atomic E-state index is -0.991. The lowest BCUT2D eigenvalue weighted by molar-refractivity contribution is -0.130. The molecule has 1 aromatic carbocycles. The summed E-state index contributed by atoms with van der Waals surface area (Å²) in [7, 11) is -0.991. The summed E-state index contributed by atoms with van der Waals surface area (Å²) in [5, 5.41) is 3.17. The van der Waals surface area contributed by atoms with Gasteiger partial charge in [0.25, 0.3) is 0 Å². The lowest BCUT2D eigenvalue weighted by Gasteiger charge is -2.26. The van der Waals surface area contributed by atoms with Crippen molar-refractivity contribution in [3.05, 3.63) is 35.6 Å². The highest BCUT2D eigenvalue weighted by molar-refractivity contribution is 7.84. The Balaban J connectivity index is 2.25. The molecule has 1 aliphatic heterocycles. The van der Waals surface area contributed by atoms with E-state index in [1.807, 2.05) is 13.8 Å². The van der Waals surface area contributed by atoms with Crippen LogP contribution in [-0.2, 0) is 15.6 Å². The van der Waals surface area contributed by atoms with Gasteiger partial charge in [0, 0.05) is 28.9 Å². The number of hydrogen-bond acceptors (Lipinski definition) is 3. The summed E-state index contributed by atoms with van der Waals surface area (Å²) in [5.74, 6) is -0.284. The van der Waals surface area contributed by atoms with Gasteiger partial charge in [0.2, 0.25) is 5.91 Å². The molecule has 116 valence electrons. The largest absolute Gasteiger partial charge is 0.320 e. The zero-order chi connectivity index (χ0) is 15.6. The van der Waals surface area contributed by atoms with Crippen molar-refractivity contribution in [2.75, 3.05) is 12.8 Å². The zero-order valence-corrected chi connectivity index (χ0v) is 13.3. The predicted molar refractivity (Wildman–Crippen MR) is 81.6 cm³/mol. The van der Waals surface area contributed by atoms with E-state index in [0.29, 0.717) is 13.0 Å². The zero-order valence-electron chi connectivity index (χ0n) is 12.5. The van der Waals surface area contributed by atoms with Crippen LogP contribution in [-0.4, -0.2) is 39.1 Å². The van der Waals surface area contributed by atoms with E-state index in [-0.39, 0.29) is 29.2 Å². The Bertz CT molecular complexity index is 535. The van der Waals surface area contributed by atoms with E-state index in [9.17, 15) is 13.4 Å². The van der Waals surface area contributed by atoms with E-state index in [4.69, 9.17) is 0 Å². The third-order valence-corrected chi connectivity index (χ3v) is 5.15. The molecule has 1 aromatic rings. The molecule has 1 saturated heterocycles. The molecule has 1 fully saturated rings. The molecule has 0 aromatic heterocycles. The molecular weight excluding hydrogens is 291 g/mol. The number of nitrogens with zero attached hydrogens (tertiary/aromatic N) is 1. The summed E-state index contributed by atoms with van der Waals surface area (Å²) in [5.41, 5.74) is 0.842. The molecule has 4 nitrogen and oxygen atoms in total. The van der Waals surface area contributed by atoms with Crippen LogP contribution in [0.15, 0.2) is 24.3 Å². The van der Waals surface area contributed by atoms with Crippen LogP contribution in [0.2, 0.25) is 0 Å². The summed E-state index contributed by atoms with van der Waals surface area (Å²) < 4.78 is 24.6. The Morgan fingerprint density at radius 2 is 2.00 bits per heavy atom. The summed E-state index contributed by atoms with van der Waals surface area (Å²) >= 11 is 0. The van der Waals surface area contributed by atoms with Crippen molar-refractivity contribution >= 4 is 16.7 Å². The summed E-state index contributed by atoms with van der Waals surface area (Å²) in [4.78, 5) is 14.2. The number of hydrogen-bond donors (Lipinski definition) is 1. The van der Waals surface area contributed by atoms with E-state index in [2.05, 4.69) is 5.32 Å². The van der Waals surface area contributed by atoms with Crippen LogP contribution >= 0.6 is 0 Å². The number of nitrogens with one attached hydrogen (secondary N) is 1. The quantitative estimate of drug-likeness (QED) is 0.902. The van der Waals surface area contributed by atoms with E-state index in [1.54, 1.807) is 23.3 Å². The van der Waals surface area contributed by atoms with Gasteiger partial charge in [0.05, 0.1) is 6.04 Å². The lowest BCUT2D eigenvalue weighted by Crippen LogP contribution is -2.37. The van der Waals surface area contributed by atoms with E-state index in [0.717, 1.165) is 5.56 Å². The minimum absolute atomic E-state index is 0.0177. The maximum Gasteiger partial charge on any atom is 0.241 e. The van der Waals surface area contributed by atoms with E-state index >= 15 is 0 Å². The Morgan fingerprint density at radius 3 is 2.52 bits per heavy atom. The third-order valence-electron chi connectivity index (χ3n) is 3.87. The number of carbonyl (C=O) groups is 1. The Morgan fingerprint density at radius 1 is 1.38 bits per heavy atom. The van der Waals surface area contributed by atoms with Gasteiger partial charge >= 0.3 is 0 Å². The Hall–Kier alpha value is -1.27. The summed E-state index contributed by atoms with van der Waals surface area (Å²) in [6.45, 7) is 4.24. The van der Waals surface area contributed by atoms with Crippen LogP contribution in [0.1, 0.15) is 32.0 Å². The molecular formula is C15H21FN2O2S. The maximum absolute atomic E-state index is 13.1. The Kier molecular flexibility index (Phi) is 5.11. The second-order valence-electron chi connectivity index (χ2n) is 5.38. The second-order valence-corrected chi connectivity index (χ2v) is 7.18. The van der Waals surface area contributed by atoms with E-state index < -0.39 is 10.8 Å². The number of benzene rings is 1. The van der Waals surface area contributed by atoms with Gasteiger partial charge in [-0.1, -0.05) is 19.1 Å². The Labute approximate surface area is 127 Å². The maximum atomic E-state index is 13.1. The normalized spacial score (nSPS) is 25.1. The van der Waals surface area contributed by atoms with E-state index in [1.165, 1.54) is 12.1 Å². The fraction of sp³-hybridized carbons (Fsp3) is 0.533. The van der Waals surface area contributed by atoms with Gasteiger partial charge in [-0.05, 0) is 31.0 Å². The van der Waals surface area contributed by atoms with Gasteiger partial charge in [-0.15, -0.1) is 0 Å².